The second kappa shape index (κ2) is 11.6. The first-order valence-electron chi connectivity index (χ1n) is 12.0. The van der Waals surface area contributed by atoms with Gasteiger partial charge in [0.15, 0.2) is 16.7 Å². The number of anilines is 2. The molecule has 1 aliphatic rings. The van der Waals surface area contributed by atoms with Crippen molar-refractivity contribution in [3.63, 3.8) is 0 Å². The molecule has 0 aliphatic carbocycles. The molecule has 0 unspecified atom stereocenters. The van der Waals surface area contributed by atoms with Crippen molar-refractivity contribution in [2.24, 2.45) is 0 Å². The van der Waals surface area contributed by atoms with E-state index < -0.39 is 0 Å². The number of rotatable bonds is 8. The van der Waals surface area contributed by atoms with Gasteiger partial charge in [-0.25, -0.2) is 15.0 Å². The molecule has 1 aromatic carbocycles. The quantitative estimate of drug-likeness (QED) is 0.280. The molecule has 8 nitrogen and oxygen atoms in total. The summed E-state index contributed by atoms with van der Waals surface area (Å²) in [6, 6.07) is 17.2. The molecule has 1 aliphatic heterocycles. The fraction of sp³-hybridized carbons (Fsp3) is 0.259. The summed E-state index contributed by atoms with van der Waals surface area (Å²) in [5, 5.41) is 6.99. The van der Waals surface area contributed by atoms with E-state index in [0.717, 1.165) is 46.7 Å². The van der Waals surface area contributed by atoms with Crippen LogP contribution in [0.3, 0.4) is 0 Å². The Kier molecular flexibility index (Phi) is 7.86. The number of nitrogens with one attached hydrogen (secondary N) is 1. The lowest BCUT2D eigenvalue weighted by atomic mass is 9.94. The van der Waals surface area contributed by atoms with Crippen LogP contribution < -0.4 is 14.8 Å². The van der Waals surface area contributed by atoms with Crippen molar-refractivity contribution in [1.29, 1.82) is 0 Å². The number of pyridine rings is 2. The van der Waals surface area contributed by atoms with E-state index in [2.05, 4.69) is 20.7 Å². The van der Waals surface area contributed by atoms with Gasteiger partial charge >= 0.3 is 0 Å². The molecule has 4 heterocycles. The number of benzene rings is 1. The number of hydrogen-bond acceptors (Lipinski definition) is 9. The third-order valence-electron chi connectivity index (χ3n) is 6.03. The van der Waals surface area contributed by atoms with Crippen molar-refractivity contribution in [1.82, 2.24) is 19.9 Å². The van der Waals surface area contributed by atoms with Gasteiger partial charge in [0.1, 0.15) is 10.8 Å². The molecule has 0 bridgehead atoms. The second-order valence-electron chi connectivity index (χ2n) is 8.54. The number of aromatic nitrogens is 3. The van der Waals surface area contributed by atoms with E-state index in [-0.39, 0.29) is 5.91 Å². The summed E-state index contributed by atoms with van der Waals surface area (Å²) in [5.41, 5.74) is 1.05. The van der Waals surface area contributed by atoms with Crippen LogP contribution >= 0.6 is 23.1 Å². The molecule has 0 radical (unpaired) electrons. The first kappa shape index (κ1) is 25.0. The van der Waals surface area contributed by atoms with Gasteiger partial charge in [-0.05, 0) is 31.0 Å². The van der Waals surface area contributed by atoms with Crippen LogP contribution in [0, 0.1) is 0 Å². The van der Waals surface area contributed by atoms with Crippen LogP contribution in [0.5, 0.6) is 17.4 Å². The summed E-state index contributed by atoms with van der Waals surface area (Å²) in [4.78, 5) is 28.4. The van der Waals surface area contributed by atoms with E-state index in [1.165, 1.54) is 11.8 Å². The predicted octanol–water partition coefficient (Wildman–Crippen LogP) is 6.35. The van der Waals surface area contributed by atoms with Gasteiger partial charge in [-0.2, -0.15) is 0 Å². The van der Waals surface area contributed by atoms with Gasteiger partial charge in [0.05, 0.1) is 12.8 Å². The van der Waals surface area contributed by atoms with Gasteiger partial charge in [0.2, 0.25) is 11.8 Å². The van der Waals surface area contributed by atoms with Crippen molar-refractivity contribution < 1.29 is 14.3 Å². The van der Waals surface area contributed by atoms with Crippen LogP contribution in [0.25, 0.3) is 0 Å². The fourth-order valence-corrected chi connectivity index (χ4v) is 5.67. The molecule has 1 fully saturated rings. The SMILES string of the molecule is COc1cccc(Sc2cnc(Nc3nc(C4CCN(C(C)=O)CC4)cs3)c(Oc3ccccc3)c2)n1. The maximum atomic E-state index is 11.6. The minimum Gasteiger partial charge on any atom is -0.481 e. The van der Waals surface area contributed by atoms with Crippen LogP contribution in [0.1, 0.15) is 31.4 Å². The van der Waals surface area contributed by atoms with Crippen molar-refractivity contribution in [2.75, 3.05) is 25.5 Å². The normalized spacial score (nSPS) is 13.8. The van der Waals surface area contributed by atoms with Crippen molar-refractivity contribution in [2.45, 2.75) is 35.6 Å². The van der Waals surface area contributed by atoms with E-state index in [9.17, 15) is 4.79 Å². The molecule has 5 rings (SSSR count). The summed E-state index contributed by atoms with van der Waals surface area (Å²) in [6.45, 7) is 3.18. The number of piperidine rings is 1. The number of hydrogen-bond donors (Lipinski definition) is 1. The summed E-state index contributed by atoms with van der Waals surface area (Å²) in [6.07, 6.45) is 3.64. The van der Waals surface area contributed by atoms with Crippen LogP contribution in [0.15, 0.2) is 76.1 Å². The van der Waals surface area contributed by atoms with E-state index >= 15 is 0 Å². The molecule has 3 aromatic heterocycles. The van der Waals surface area contributed by atoms with Gasteiger partial charge in [0, 0.05) is 54.5 Å². The molecule has 4 aromatic rings. The Morgan fingerprint density at radius 3 is 2.68 bits per heavy atom. The highest BCUT2D eigenvalue weighted by Crippen LogP contribution is 2.37. The van der Waals surface area contributed by atoms with Gasteiger partial charge < -0.3 is 19.7 Å². The Labute approximate surface area is 224 Å². The number of carbonyl (C=O) groups is 1. The lowest BCUT2D eigenvalue weighted by Gasteiger charge is -2.30. The zero-order chi connectivity index (χ0) is 25.6. The monoisotopic (exact) mass is 533 g/mol. The first-order chi connectivity index (χ1) is 18.1. The van der Waals surface area contributed by atoms with Gasteiger partial charge in [-0.15, -0.1) is 11.3 Å². The minimum absolute atomic E-state index is 0.139. The lowest BCUT2D eigenvalue weighted by Crippen LogP contribution is -2.36. The molecule has 0 saturated carbocycles. The summed E-state index contributed by atoms with van der Waals surface area (Å²) >= 11 is 3.02. The fourth-order valence-electron chi connectivity index (χ4n) is 4.08. The molecule has 190 valence electrons. The maximum Gasteiger partial charge on any atom is 0.219 e. The molecule has 1 amide bonds. The van der Waals surface area contributed by atoms with Crippen molar-refractivity contribution in [3.05, 3.63) is 71.9 Å². The first-order valence-corrected chi connectivity index (χ1v) is 13.7. The molecule has 1 N–H and O–H groups in total. The molecule has 37 heavy (non-hydrogen) atoms. The van der Waals surface area contributed by atoms with Crippen LogP contribution in [0.4, 0.5) is 10.9 Å². The Morgan fingerprint density at radius 2 is 1.92 bits per heavy atom. The Bertz CT molecular complexity index is 1360. The Balaban J connectivity index is 1.35. The van der Waals surface area contributed by atoms with Gasteiger partial charge in [0.25, 0.3) is 0 Å². The Hall–Kier alpha value is -3.63. The number of amides is 1. The number of nitrogens with zero attached hydrogens (tertiary/aromatic N) is 4. The third-order valence-corrected chi connectivity index (χ3v) is 7.71. The van der Waals surface area contributed by atoms with Crippen molar-refractivity contribution in [3.8, 4) is 17.4 Å². The van der Waals surface area contributed by atoms with Gasteiger partial charge in [-0.1, -0.05) is 36.0 Å². The number of para-hydroxylation sites is 1. The summed E-state index contributed by atoms with van der Waals surface area (Å²) in [7, 11) is 1.60. The third kappa shape index (κ3) is 6.39. The smallest absolute Gasteiger partial charge is 0.219 e. The number of ether oxygens (including phenoxy) is 2. The highest BCUT2D eigenvalue weighted by molar-refractivity contribution is 7.99. The van der Waals surface area contributed by atoms with Crippen molar-refractivity contribution >= 4 is 40.0 Å². The van der Waals surface area contributed by atoms with Crippen LogP contribution in [-0.2, 0) is 4.79 Å². The standard InChI is InChI=1S/C27H27N5O3S2/c1-18(33)32-13-11-19(12-14-32)22-17-36-27(29-22)31-26-23(35-20-7-4-3-5-8-20)15-21(16-28-26)37-25-10-6-9-24(30-25)34-2/h3-10,15-17,19H,11-14H2,1-2H3,(H,28,29,31). The average molecular weight is 534 g/mol. The molecule has 10 heteroatoms. The van der Waals surface area contributed by atoms with E-state index in [0.29, 0.717) is 29.1 Å². The van der Waals surface area contributed by atoms with E-state index in [1.807, 2.05) is 59.5 Å². The molecule has 1 saturated heterocycles. The zero-order valence-electron chi connectivity index (χ0n) is 20.6. The van der Waals surface area contributed by atoms with E-state index in [4.69, 9.17) is 14.5 Å². The molecular weight excluding hydrogens is 506 g/mol. The molecular formula is C27H27N5O3S2. The maximum absolute atomic E-state index is 11.6. The molecule has 0 spiro atoms. The van der Waals surface area contributed by atoms with Gasteiger partial charge in [-0.3, -0.25) is 4.79 Å². The number of methoxy groups -OCH3 is 1. The van der Waals surface area contributed by atoms with E-state index in [1.54, 1.807) is 31.6 Å². The van der Waals surface area contributed by atoms with Crippen LogP contribution in [0.2, 0.25) is 0 Å². The number of likely N-dealkylation sites (tertiary alicyclic amines) is 1. The summed E-state index contributed by atoms with van der Waals surface area (Å²) < 4.78 is 11.5. The van der Waals surface area contributed by atoms with Crippen LogP contribution in [-0.4, -0.2) is 46.0 Å². The number of carbonyl (C=O) groups excluding carboxylic acids is 1. The second-order valence-corrected chi connectivity index (χ2v) is 10.5. The largest absolute Gasteiger partial charge is 0.481 e. The highest BCUT2D eigenvalue weighted by Gasteiger charge is 2.24. The highest BCUT2D eigenvalue weighted by atomic mass is 32.2. The predicted molar refractivity (Wildman–Crippen MR) is 145 cm³/mol. The Morgan fingerprint density at radius 1 is 1.11 bits per heavy atom. The molecule has 0 atom stereocenters. The lowest BCUT2D eigenvalue weighted by molar-refractivity contribution is -0.129. The summed E-state index contributed by atoms with van der Waals surface area (Å²) in [5.74, 6) is 2.93. The zero-order valence-corrected chi connectivity index (χ0v) is 22.2. The topological polar surface area (TPSA) is 89.5 Å². The number of thiazole rings is 1. The average Bonchev–Trinajstić information content (AvgIpc) is 3.39. The minimum atomic E-state index is 0.139.